The Morgan fingerprint density at radius 2 is 1.77 bits per heavy atom. The first kappa shape index (κ1) is 21.1. The second kappa shape index (κ2) is 13.8. The van der Waals surface area contributed by atoms with Crippen LogP contribution in [-0.2, 0) is 14.8 Å². The van der Waals surface area contributed by atoms with Gasteiger partial charge in [-0.05, 0) is 26.7 Å². The van der Waals surface area contributed by atoms with E-state index in [1.165, 1.54) is 0 Å². The van der Waals surface area contributed by atoms with Crippen molar-refractivity contribution in [2.45, 2.75) is 40.0 Å². The van der Waals surface area contributed by atoms with Gasteiger partial charge >= 0.3 is 0 Å². The standard InChI is InChI=1S/C14H32N4O3S/c1-4-7-12-21-13-8-9-16-14(15-5-2)17-10-11-18-22(19,20)6-3/h18H,4-13H2,1-3H3,(H2,15,16,17). The fourth-order valence-corrected chi connectivity index (χ4v) is 2.15. The van der Waals surface area contributed by atoms with E-state index in [4.69, 9.17) is 4.74 Å². The molecule has 0 unspecified atom stereocenters. The number of rotatable bonds is 13. The van der Waals surface area contributed by atoms with Crippen LogP contribution in [0.5, 0.6) is 0 Å². The van der Waals surface area contributed by atoms with Gasteiger partial charge < -0.3 is 15.4 Å². The summed E-state index contributed by atoms with van der Waals surface area (Å²) >= 11 is 0. The average Bonchev–Trinajstić information content (AvgIpc) is 2.50. The highest BCUT2D eigenvalue weighted by Gasteiger charge is 2.04. The lowest BCUT2D eigenvalue weighted by Gasteiger charge is -2.11. The van der Waals surface area contributed by atoms with Crippen molar-refractivity contribution in [2.75, 3.05) is 45.1 Å². The Bertz CT molecular complexity index is 386. The minimum Gasteiger partial charge on any atom is -0.381 e. The molecule has 0 rings (SSSR count). The summed E-state index contributed by atoms with van der Waals surface area (Å²) in [6.07, 6.45) is 3.12. The summed E-state index contributed by atoms with van der Waals surface area (Å²) in [4.78, 5) is 4.42. The lowest BCUT2D eigenvalue weighted by molar-refractivity contribution is 0.130. The zero-order chi connectivity index (χ0) is 16.7. The Hall–Kier alpha value is -0.860. The van der Waals surface area contributed by atoms with Crippen molar-refractivity contribution in [3.63, 3.8) is 0 Å². The quantitative estimate of drug-likeness (QED) is 0.261. The van der Waals surface area contributed by atoms with E-state index in [1.807, 2.05) is 6.92 Å². The van der Waals surface area contributed by atoms with Gasteiger partial charge in [-0.1, -0.05) is 13.3 Å². The van der Waals surface area contributed by atoms with Crippen LogP contribution in [0, 0.1) is 0 Å². The molecule has 22 heavy (non-hydrogen) atoms. The van der Waals surface area contributed by atoms with Crippen LogP contribution in [-0.4, -0.2) is 59.5 Å². The van der Waals surface area contributed by atoms with Crippen molar-refractivity contribution >= 4 is 16.0 Å². The third kappa shape index (κ3) is 12.8. The highest BCUT2D eigenvalue weighted by Crippen LogP contribution is 1.90. The van der Waals surface area contributed by atoms with Crippen molar-refractivity contribution in [3.05, 3.63) is 0 Å². The molecule has 0 amide bonds. The number of hydrogen-bond donors (Lipinski definition) is 3. The number of unbranched alkanes of at least 4 members (excludes halogenated alkanes) is 1. The zero-order valence-electron chi connectivity index (χ0n) is 14.2. The van der Waals surface area contributed by atoms with Crippen LogP contribution in [0.2, 0.25) is 0 Å². The SMILES string of the molecule is CCCCOCCCN=C(NCC)NCCNS(=O)(=O)CC. The molecule has 7 nitrogen and oxygen atoms in total. The summed E-state index contributed by atoms with van der Waals surface area (Å²) in [5, 5.41) is 6.23. The third-order valence-corrected chi connectivity index (χ3v) is 4.23. The van der Waals surface area contributed by atoms with E-state index in [1.54, 1.807) is 6.92 Å². The molecule has 0 aromatic carbocycles. The van der Waals surface area contributed by atoms with Crippen LogP contribution >= 0.6 is 0 Å². The highest BCUT2D eigenvalue weighted by molar-refractivity contribution is 7.89. The van der Waals surface area contributed by atoms with Gasteiger partial charge in [0, 0.05) is 39.4 Å². The molecule has 0 aromatic rings. The summed E-state index contributed by atoms with van der Waals surface area (Å²) in [7, 11) is -3.13. The predicted molar refractivity (Wildman–Crippen MR) is 91.8 cm³/mol. The molecule has 8 heteroatoms. The summed E-state index contributed by atoms with van der Waals surface area (Å²) in [5.74, 6) is 0.797. The number of nitrogens with zero attached hydrogens (tertiary/aromatic N) is 1. The van der Waals surface area contributed by atoms with E-state index in [-0.39, 0.29) is 5.75 Å². The van der Waals surface area contributed by atoms with Gasteiger partial charge in [-0.3, -0.25) is 4.99 Å². The Labute approximate surface area is 135 Å². The molecule has 132 valence electrons. The topological polar surface area (TPSA) is 91.8 Å². The van der Waals surface area contributed by atoms with Gasteiger partial charge in [0.25, 0.3) is 0 Å². The van der Waals surface area contributed by atoms with Crippen LogP contribution in [0.1, 0.15) is 40.0 Å². The molecule has 3 N–H and O–H groups in total. The van der Waals surface area contributed by atoms with Gasteiger partial charge in [0.1, 0.15) is 0 Å². The fourth-order valence-electron chi connectivity index (χ4n) is 1.54. The minimum absolute atomic E-state index is 0.0964. The normalized spacial score (nSPS) is 12.4. The summed E-state index contributed by atoms with van der Waals surface area (Å²) in [5.41, 5.74) is 0. The molecule has 0 atom stereocenters. The minimum atomic E-state index is -3.13. The zero-order valence-corrected chi connectivity index (χ0v) is 15.0. The first-order valence-corrected chi connectivity index (χ1v) is 9.78. The van der Waals surface area contributed by atoms with Crippen LogP contribution in [0.15, 0.2) is 4.99 Å². The molecule has 0 aliphatic rings. The maximum absolute atomic E-state index is 11.3. The molecule has 0 radical (unpaired) electrons. The molecule has 0 bridgehead atoms. The van der Waals surface area contributed by atoms with E-state index < -0.39 is 10.0 Å². The van der Waals surface area contributed by atoms with Crippen molar-refractivity contribution in [1.82, 2.24) is 15.4 Å². The van der Waals surface area contributed by atoms with Gasteiger partial charge in [0.2, 0.25) is 10.0 Å². The van der Waals surface area contributed by atoms with Crippen LogP contribution in [0.3, 0.4) is 0 Å². The maximum Gasteiger partial charge on any atom is 0.211 e. The van der Waals surface area contributed by atoms with Gasteiger partial charge in [-0.2, -0.15) is 0 Å². The molecule has 0 saturated heterocycles. The molecular formula is C14H32N4O3S. The highest BCUT2D eigenvalue weighted by atomic mass is 32.2. The monoisotopic (exact) mass is 336 g/mol. The second-order valence-electron chi connectivity index (χ2n) is 4.80. The Morgan fingerprint density at radius 1 is 1.05 bits per heavy atom. The summed E-state index contributed by atoms with van der Waals surface area (Å²) in [6, 6.07) is 0. The number of ether oxygens (including phenoxy) is 1. The molecule has 0 aliphatic heterocycles. The molecule has 0 spiro atoms. The molecule has 0 aliphatic carbocycles. The smallest absolute Gasteiger partial charge is 0.211 e. The molecule has 0 aromatic heterocycles. The van der Waals surface area contributed by atoms with Crippen molar-refractivity contribution < 1.29 is 13.2 Å². The van der Waals surface area contributed by atoms with E-state index in [0.29, 0.717) is 25.6 Å². The maximum atomic E-state index is 11.3. The van der Waals surface area contributed by atoms with Gasteiger partial charge in [-0.15, -0.1) is 0 Å². The first-order valence-electron chi connectivity index (χ1n) is 8.13. The van der Waals surface area contributed by atoms with Gasteiger partial charge in [0.05, 0.1) is 5.75 Å². The molecule has 0 fully saturated rings. The number of hydrogen-bond acceptors (Lipinski definition) is 4. The number of nitrogens with one attached hydrogen (secondary N) is 3. The lowest BCUT2D eigenvalue weighted by Crippen LogP contribution is -2.41. The Balaban J connectivity index is 3.86. The number of guanidine groups is 1. The Morgan fingerprint density at radius 3 is 2.41 bits per heavy atom. The Kier molecular flexibility index (Phi) is 13.2. The van der Waals surface area contributed by atoms with Gasteiger partial charge in [0.15, 0.2) is 5.96 Å². The summed E-state index contributed by atoms with van der Waals surface area (Å²) < 4.78 is 30.6. The van der Waals surface area contributed by atoms with Crippen molar-refractivity contribution in [3.8, 4) is 0 Å². The van der Waals surface area contributed by atoms with E-state index in [0.717, 1.165) is 39.0 Å². The number of sulfonamides is 1. The number of aliphatic imine (C=N–C) groups is 1. The average molecular weight is 337 g/mol. The molecule has 0 saturated carbocycles. The fraction of sp³-hybridized carbons (Fsp3) is 0.929. The van der Waals surface area contributed by atoms with Crippen LogP contribution in [0.4, 0.5) is 0 Å². The second-order valence-corrected chi connectivity index (χ2v) is 6.90. The third-order valence-electron chi connectivity index (χ3n) is 2.82. The van der Waals surface area contributed by atoms with E-state index >= 15 is 0 Å². The van der Waals surface area contributed by atoms with E-state index in [2.05, 4.69) is 27.3 Å². The van der Waals surface area contributed by atoms with Crippen molar-refractivity contribution in [2.24, 2.45) is 4.99 Å². The van der Waals surface area contributed by atoms with Crippen LogP contribution in [0.25, 0.3) is 0 Å². The molecule has 0 heterocycles. The van der Waals surface area contributed by atoms with Crippen molar-refractivity contribution in [1.29, 1.82) is 0 Å². The lowest BCUT2D eigenvalue weighted by atomic mass is 10.4. The molecular weight excluding hydrogens is 304 g/mol. The first-order chi connectivity index (χ1) is 10.6. The van der Waals surface area contributed by atoms with Gasteiger partial charge in [-0.25, -0.2) is 13.1 Å². The predicted octanol–water partition coefficient (Wildman–Crippen LogP) is 0.688. The van der Waals surface area contributed by atoms with Crippen LogP contribution < -0.4 is 15.4 Å². The van der Waals surface area contributed by atoms with E-state index in [9.17, 15) is 8.42 Å². The largest absolute Gasteiger partial charge is 0.381 e. The summed E-state index contributed by atoms with van der Waals surface area (Å²) in [6.45, 7) is 9.58.